The van der Waals surface area contributed by atoms with Crippen LogP contribution in [0.3, 0.4) is 0 Å². The molecule has 3 aromatic rings. The number of aromatic nitrogens is 2. The molecule has 0 atom stereocenters. The standard InChI is InChI=1S/C19H17F3N4O/c1-11-7-13-8-12(3-6-16(13)26-17(11)23-2)18(27)25-10-15-5-4-14(9-24-15)19(20,21)22/h3-9H,10H2,1-2H3,(H,23,26)(H,25,27). The number of pyridine rings is 2. The lowest BCUT2D eigenvalue weighted by Crippen LogP contribution is -2.23. The highest BCUT2D eigenvalue weighted by Crippen LogP contribution is 2.28. The Kier molecular flexibility index (Phi) is 4.98. The first-order chi connectivity index (χ1) is 12.8. The summed E-state index contributed by atoms with van der Waals surface area (Å²) in [6.07, 6.45) is -3.68. The van der Waals surface area contributed by atoms with Crippen molar-refractivity contribution in [2.45, 2.75) is 19.6 Å². The largest absolute Gasteiger partial charge is 0.417 e. The number of hydrogen-bond acceptors (Lipinski definition) is 4. The van der Waals surface area contributed by atoms with E-state index in [0.29, 0.717) is 11.3 Å². The SMILES string of the molecule is CNc1nc2ccc(C(=O)NCc3ccc(C(F)(F)F)cn3)cc2cc1C. The molecule has 0 radical (unpaired) electrons. The molecule has 0 saturated heterocycles. The number of nitrogens with one attached hydrogen (secondary N) is 2. The molecular weight excluding hydrogens is 357 g/mol. The third-order valence-electron chi connectivity index (χ3n) is 4.09. The Balaban J connectivity index is 1.72. The Bertz CT molecular complexity index is 985. The van der Waals surface area contributed by atoms with Crippen molar-refractivity contribution >= 4 is 22.6 Å². The van der Waals surface area contributed by atoms with E-state index in [1.54, 1.807) is 25.2 Å². The van der Waals surface area contributed by atoms with Crippen LogP contribution in [0.25, 0.3) is 10.9 Å². The molecule has 0 saturated carbocycles. The third kappa shape index (κ3) is 4.16. The summed E-state index contributed by atoms with van der Waals surface area (Å²) in [6, 6.07) is 9.25. The van der Waals surface area contributed by atoms with Crippen LogP contribution in [0.15, 0.2) is 42.6 Å². The van der Waals surface area contributed by atoms with Gasteiger partial charge in [-0.1, -0.05) is 0 Å². The maximum absolute atomic E-state index is 12.5. The molecule has 2 aromatic heterocycles. The molecule has 0 aliphatic heterocycles. The van der Waals surface area contributed by atoms with E-state index in [0.717, 1.165) is 34.5 Å². The smallest absolute Gasteiger partial charge is 0.373 e. The summed E-state index contributed by atoms with van der Waals surface area (Å²) in [5.74, 6) is 0.432. The molecule has 0 fully saturated rings. The van der Waals surface area contributed by atoms with E-state index in [9.17, 15) is 18.0 Å². The average Bonchev–Trinajstić information content (AvgIpc) is 2.64. The van der Waals surface area contributed by atoms with Gasteiger partial charge in [0.05, 0.1) is 23.3 Å². The Morgan fingerprint density at radius 2 is 1.93 bits per heavy atom. The first-order valence-corrected chi connectivity index (χ1v) is 8.17. The molecule has 0 aliphatic carbocycles. The number of aryl methyl sites for hydroxylation is 1. The molecule has 3 rings (SSSR count). The van der Waals surface area contributed by atoms with Gasteiger partial charge in [-0.15, -0.1) is 0 Å². The minimum atomic E-state index is -4.43. The van der Waals surface area contributed by atoms with Crippen LogP contribution < -0.4 is 10.6 Å². The number of hydrogen-bond donors (Lipinski definition) is 2. The second kappa shape index (κ2) is 7.22. The third-order valence-corrected chi connectivity index (χ3v) is 4.09. The molecule has 0 unspecified atom stereocenters. The van der Waals surface area contributed by atoms with E-state index in [-0.39, 0.29) is 12.5 Å². The molecule has 0 spiro atoms. The van der Waals surface area contributed by atoms with Gasteiger partial charge in [0.25, 0.3) is 5.91 Å². The van der Waals surface area contributed by atoms with Gasteiger partial charge in [-0.3, -0.25) is 9.78 Å². The molecule has 27 heavy (non-hydrogen) atoms. The summed E-state index contributed by atoms with van der Waals surface area (Å²) in [4.78, 5) is 20.6. The number of alkyl halides is 3. The highest BCUT2D eigenvalue weighted by molar-refractivity contribution is 5.98. The summed E-state index contributed by atoms with van der Waals surface area (Å²) < 4.78 is 37.6. The van der Waals surface area contributed by atoms with Crippen molar-refractivity contribution in [3.63, 3.8) is 0 Å². The van der Waals surface area contributed by atoms with Gasteiger partial charge in [-0.05, 0) is 48.9 Å². The van der Waals surface area contributed by atoms with E-state index in [4.69, 9.17) is 0 Å². The zero-order chi connectivity index (χ0) is 19.6. The molecule has 0 bridgehead atoms. The van der Waals surface area contributed by atoms with E-state index < -0.39 is 11.7 Å². The molecule has 1 amide bonds. The number of carbonyl (C=O) groups excluding carboxylic acids is 1. The summed E-state index contributed by atoms with van der Waals surface area (Å²) in [6.45, 7) is 1.95. The van der Waals surface area contributed by atoms with Crippen LogP contribution in [0, 0.1) is 6.92 Å². The van der Waals surface area contributed by atoms with Crippen molar-refractivity contribution in [1.82, 2.24) is 15.3 Å². The lowest BCUT2D eigenvalue weighted by Gasteiger charge is -2.09. The topological polar surface area (TPSA) is 66.9 Å². The number of anilines is 1. The fourth-order valence-electron chi connectivity index (χ4n) is 2.65. The zero-order valence-corrected chi connectivity index (χ0v) is 14.7. The van der Waals surface area contributed by atoms with Crippen LogP contribution in [0.5, 0.6) is 0 Å². The monoisotopic (exact) mass is 374 g/mol. The first-order valence-electron chi connectivity index (χ1n) is 8.17. The van der Waals surface area contributed by atoms with Gasteiger partial charge in [-0.2, -0.15) is 13.2 Å². The van der Waals surface area contributed by atoms with E-state index in [2.05, 4.69) is 20.6 Å². The molecule has 5 nitrogen and oxygen atoms in total. The Morgan fingerprint density at radius 3 is 2.56 bits per heavy atom. The highest BCUT2D eigenvalue weighted by Gasteiger charge is 2.30. The average molecular weight is 374 g/mol. The molecule has 0 aliphatic rings. The maximum Gasteiger partial charge on any atom is 0.417 e. The second-order valence-corrected chi connectivity index (χ2v) is 6.03. The molecule has 2 heterocycles. The van der Waals surface area contributed by atoms with Crippen molar-refractivity contribution < 1.29 is 18.0 Å². The van der Waals surface area contributed by atoms with Gasteiger partial charge in [0.2, 0.25) is 0 Å². The predicted octanol–water partition coefficient (Wildman–Crippen LogP) is 3.93. The van der Waals surface area contributed by atoms with Crippen LogP contribution in [0.1, 0.15) is 27.2 Å². The van der Waals surface area contributed by atoms with Crippen LogP contribution in [-0.2, 0) is 12.7 Å². The number of benzene rings is 1. The number of amides is 1. The van der Waals surface area contributed by atoms with Crippen molar-refractivity contribution in [3.8, 4) is 0 Å². The van der Waals surface area contributed by atoms with Crippen molar-refractivity contribution in [2.75, 3.05) is 12.4 Å². The van der Waals surface area contributed by atoms with Crippen LogP contribution in [0.2, 0.25) is 0 Å². The van der Waals surface area contributed by atoms with E-state index in [1.165, 1.54) is 6.07 Å². The minimum Gasteiger partial charge on any atom is -0.373 e. The van der Waals surface area contributed by atoms with Crippen molar-refractivity contribution in [3.05, 3.63) is 65.0 Å². The van der Waals surface area contributed by atoms with E-state index in [1.807, 2.05) is 13.0 Å². The first kappa shape index (κ1) is 18.6. The van der Waals surface area contributed by atoms with E-state index >= 15 is 0 Å². The molecular formula is C19H17F3N4O. The summed E-state index contributed by atoms with van der Waals surface area (Å²) in [5.41, 5.74) is 1.67. The van der Waals surface area contributed by atoms with Crippen molar-refractivity contribution in [1.29, 1.82) is 0 Å². The number of nitrogens with zero attached hydrogens (tertiary/aromatic N) is 2. The Labute approximate surface area is 153 Å². The van der Waals surface area contributed by atoms with Gasteiger partial charge >= 0.3 is 6.18 Å². The number of fused-ring (bicyclic) bond motifs is 1. The lowest BCUT2D eigenvalue weighted by atomic mass is 10.1. The Hall–Kier alpha value is -3.16. The van der Waals surface area contributed by atoms with Crippen LogP contribution in [0.4, 0.5) is 19.0 Å². The van der Waals surface area contributed by atoms with Crippen LogP contribution >= 0.6 is 0 Å². The number of rotatable bonds is 4. The minimum absolute atomic E-state index is 0.0327. The lowest BCUT2D eigenvalue weighted by molar-refractivity contribution is -0.137. The van der Waals surface area contributed by atoms with Gasteiger partial charge in [0, 0.05) is 24.2 Å². The normalized spacial score (nSPS) is 11.4. The van der Waals surface area contributed by atoms with Gasteiger partial charge in [0.15, 0.2) is 0 Å². The van der Waals surface area contributed by atoms with Crippen LogP contribution in [-0.4, -0.2) is 22.9 Å². The summed E-state index contributed by atoms with van der Waals surface area (Å²) in [5, 5.41) is 6.49. The maximum atomic E-state index is 12.5. The highest BCUT2D eigenvalue weighted by atomic mass is 19.4. The number of halogens is 3. The van der Waals surface area contributed by atoms with Gasteiger partial charge in [-0.25, -0.2) is 4.98 Å². The Morgan fingerprint density at radius 1 is 1.15 bits per heavy atom. The fourth-order valence-corrected chi connectivity index (χ4v) is 2.65. The zero-order valence-electron chi connectivity index (χ0n) is 14.7. The molecule has 2 N–H and O–H groups in total. The fraction of sp³-hybridized carbons (Fsp3) is 0.211. The quantitative estimate of drug-likeness (QED) is 0.726. The van der Waals surface area contributed by atoms with Crippen molar-refractivity contribution in [2.24, 2.45) is 0 Å². The molecule has 1 aromatic carbocycles. The summed E-state index contributed by atoms with van der Waals surface area (Å²) in [7, 11) is 1.79. The van der Waals surface area contributed by atoms with Gasteiger partial charge < -0.3 is 10.6 Å². The second-order valence-electron chi connectivity index (χ2n) is 6.03. The predicted molar refractivity (Wildman–Crippen MR) is 96.4 cm³/mol. The molecule has 8 heteroatoms. The van der Waals surface area contributed by atoms with Gasteiger partial charge in [0.1, 0.15) is 5.82 Å². The molecule has 140 valence electrons. The number of carbonyl (C=O) groups is 1. The summed E-state index contributed by atoms with van der Waals surface area (Å²) >= 11 is 0.